The first-order valence-electron chi connectivity index (χ1n) is 16.4. The van der Waals surface area contributed by atoms with Gasteiger partial charge >= 0.3 is 5.97 Å². The first-order chi connectivity index (χ1) is 22.5. The van der Waals surface area contributed by atoms with Gasteiger partial charge in [0.25, 0.3) is 0 Å². The lowest BCUT2D eigenvalue weighted by molar-refractivity contribution is -0.142. The lowest BCUT2D eigenvalue weighted by Crippen LogP contribution is -2.39. The highest BCUT2D eigenvalue weighted by Crippen LogP contribution is 2.35. The monoisotopic (exact) mass is 648 g/mol. The zero-order valence-electron chi connectivity index (χ0n) is 28.1. The maximum absolute atomic E-state index is 12.3. The second kappa shape index (κ2) is 18.3. The zero-order chi connectivity index (χ0) is 32.9. The zero-order valence-corrected chi connectivity index (χ0v) is 28.1. The Balaban J connectivity index is 1.89. The van der Waals surface area contributed by atoms with E-state index in [1.165, 1.54) is 0 Å². The lowest BCUT2D eigenvalue weighted by atomic mass is 10.1. The molecule has 0 bridgehead atoms. The fourth-order valence-electron chi connectivity index (χ4n) is 5.90. The number of ether oxygens (including phenoxy) is 5. The third-order valence-electron chi connectivity index (χ3n) is 8.59. The summed E-state index contributed by atoms with van der Waals surface area (Å²) in [4.78, 5) is 41.2. The Labute approximate surface area is 272 Å². The maximum atomic E-state index is 12.3. The van der Waals surface area contributed by atoms with Gasteiger partial charge < -0.3 is 48.4 Å². The second-order valence-corrected chi connectivity index (χ2v) is 11.5. The summed E-state index contributed by atoms with van der Waals surface area (Å²) in [5.74, 6) is 2.08. The molecule has 0 spiro atoms. The van der Waals surface area contributed by atoms with Gasteiger partial charge in [0.1, 0.15) is 11.0 Å². The Morgan fingerprint density at radius 3 is 1.59 bits per heavy atom. The lowest BCUT2D eigenvalue weighted by Gasteiger charge is -2.35. The van der Waals surface area contributed by atoms with Crippen LogP contribution in [-0.2, 0) is 28.5 Å². The van der Waals surface area contributed by atoms with Gasteiger partial charge in [-0.15, -0.1) is 0 Å². The topological polar surface area (TPSA) is 148 Å². The van der Waals surface area contributed by atoms with Crippen LogP contribution in [0.3, 0.4) is 0 Å². The molecule has 15 nitrogen and oxygen atoms in total. The minimum Gasteiger partial charge on any atom is -0.466 e. The minimum absolute atomic E-state index is 0.125. The summed E-state index contributed by atoms with van der Waals surface area (Å²) in [6, 6.07) is 0. The molecule has 4 rings (SSSR count). The average molecular weight is 649 g/mol. The standard InChI is InChI=1S/C31H52N8O7/c1-6-46-25(41)11-16-38(17-20-40)30-32-26-27(28(34-30)36-12-7-23(44-4)8-13-36)33-31(39(18-21-42-2)19-22-43-3)35-29(26)37-14-9-24(45-5)10-15-37/h23-24,40H,6-22H2,1-5H3. The summed E-state index contributed by atoms with van der Waals surface area (Å²) in [7, 11) is 6.87. The third kappa shape index (κ3) is 9.25. The second-order valence-electron chi connectivity index (χ2n) is 11.5. The van der Waals surface area contributed by atoms with Crippen molar-refractivity contribution in [1.29, 1.82) is 0 Å². The SMILES string of the molecule is CCOC(=O)CCN(CCO)c1nc(N2CCC(OC)CC2)c2nc(N(CCOC)CCOC)nc(N3CCC(OC)CC3)c2n1. The number of aliphatic hydroxyl groups excluding tert-OH is 1. The maximum Gasteiger partial charge on any atom is 0.307 e. The molecule has 2 aromatic rings. The van der Waals surface area contributed by atoms with Crippen LogP contribution >= 0.6 is 0 Å². The summed E-state index contributed by atoms with van der Waals surface area (Å²) in [5.41, 5.74) is 1.29. The largest absolute Gasteiger partial charge is 0.466 e. The van der Waals surface area contributed by atoms with Crippen molar-refractivity contribution < 1.29 is 33.6 Å². The molecule has 2 aliphatic rings. The molecule has 46 heavy (non-hydrogen) atoms. The summed E-state index contributed by atoms with van der Waals surface area (Å²) >= 11 is 0. The Morgan fingerprint density at radius 1 is 0.739 bits per heavy atom. The van der Waals surface area contributed by atoms with Crippen molar-refractivity contribution in [2.45, 2.75) is 51.2 Å². The van der Waals surface area contributed by atoms with Crippen molar-refractivity contribution >= 4 is 40.5 Å². The molecular weight excluding hydrogens is 596 g/mol. The molecule has 0 saturated carbocycles. The summed E-state index contributed by atoms with van der Waals surface area (Å²) in [6.45, 7) is 7.66. The van der Waals surface area contributed by atoms with Crippen LogP contribution < -0.4 is 19.6 Å². The first-order valence-corrected chi connectivity index (χ1v) is 16.4. The number of methoxy groups -OCH3 is 4. The van der Waals surface area contributed by atoms with Gasteiger partial charge in [-0.05, 0) is 32.6 Å². The molecule has 4 heterocycles. The molecule has 0 radical (unpaired) electrons. The van der Waals surface area contributed by atoms with Crippen molar-refractivity contribution in [3.8, 4) is 0 Å². The van der Waals surface area contributed by atoms with E-state index in [0.29, 0.717) is 68.2 Å². The number of hydrogen-bond acceptors (Lipinski definition) is 15. The van der Waals surface area contributed by atoms with E-state index in [4.69, 9.17) is 43.6 Å². The van der Waals surface area contributed by atoms with Crippen LogP contribution in [0, 0.1) is 0 Å². The molecule has 2 aliphatic heterocycles. The molecule has 0 amide bonds. The predicted octanol–water partition coefficient (Wildman–Crippen LogP) is 1.50. The molecule has 258 valence electrons. The van der Waals surface area contributed by atoms with Crippen LogP contribution in [0.4, 0.5) is 23.5 Å². The number of aliphatic hydroxyl groups is 1. The van der Waals surface area contributed by atoms with Gasteiger partial charge in [-0.2, -0.15) is 9.97 Å². The Morgan fingerprint density at radius 2 is 1.20 bits per heavy atom. The number of anilines is 4. The Hall–Kier alpha value is -3.11. The number of piperidine rings is 2. The number of nitrogens with zero attached hydrogens (tertiary/aromatic N) is 8. The number of rotatable bonds is 18. The minimum atomic E-state index is -0.310. The summed E-state index contributed by atoms with van der Waals surface area (Å²) in [6.07, 6.45) is 3.94. The molecule has 0 aliphatic carbocycles. The molecule has 0 aromatic carbocycles. The molecule has 1 N–H and O–H groups in total. The molecule has 2 fully saturated rings. The van der Waals surface area contributed by atoms with Crippen LogP contribution in [0.25, 0.3) is 11.0 Å². The number of carbonyl (C=O) groups is 1. The number of fused-ring (bicyclic) bond motifs is 1. The van der Waals surface area contributed by atoms with Gasteiger partial charge in [0.2, 0.25) is 11.9 Å². The van der Waals surface area contributed by atoms with E-state index in [1.807, 2.05) is 4.90 Å². The quantitative estimate of drug-likeness (QED) is 0.233. The van der Waals surface area contributed by atoms with Crippen molar-refractivity contribution in [2.24, 2.45) is 0 Å². The summed E-state index contributed by atoms with van der Waals surface area (Å²) < 4.78 is 27.4. The number of carbonyl (C=O) groups excluding carboxylic acids is 1. The van der Waals surface area contributed by atoms with Gasteiger partial charge in [-0.3, -0.25) is 4.79 Å². The van der Waals surface area contributed by atoms with Crippen LogP contribution in [0.5, 0.6) is 0 Å². The van der Waals surface area contributed by atoms with Crippen LogP contribution in [0.15, 0.2) is 0 Å². The van der Waals surface area contributed by atoms with Crippen molar-refractivity contribution in [3.05, 3.63) is 0 Å². The van der Waals surface area contributed by atoms with Crippen molar-refractivity contribution in [2.75, 3.05) is 127 Å². The van der Waals surface area contributed by atoms with Gasteiger partial charge in [0.15, 0.2) is 11.6 Å². The van der Waals surface area contributed by atoms with E-state index in [9.17, 15) is 9.90 Å². The van der Waals surface area contributed by atoms with E-state index in [1.54, 1.807) is 35.4 Å². The van der Waals surface area contributed by atoms with Gasteiger partial charge in [0, 0.05) is 80.8 Å². The highest BCUT2D eigenvalue weighted by Gasteiger charge is 2.30. The van der Waals surface area contributed by atoms with Crippen LogP contribution in [0.1, 0.15) is 39.0 Å². The van der Waals surface area contributed by atoms with Crippen molar-refractivity contribution in [3.63, 3.8) is 0 Å². The van der Waals surface area contributed by atoms with Gasteiger partial charge in [-0.25, -0.2) is 9.97 Å². The van der Waals surface area contributed by atoms with E-state index >= 15 is 0 Å². The first kappa shape index (κ1) is 35.7. The highest BCUT2D eigenvalue weighted by atomic mass is 16.5. The molecule has 15 heteroatoms. The number of hydrogen-bond donors (Lipinski definition) is 1. The Bertz CT molecular complexity index is 1220. The van der Waals surface area contributed by atoms with Crippen LogP contribution in [0.2, 0.25) is 0 Å². The smallest absolute Gasteiger partial charge is 0.307 e. The summed E-state index contributed by atoms with van der Waals surface area (Å²) in [5, 5.41) is 9.99. The number of aromatic nitrogens is 4. The fraction of sp³-hybridized carbons (Fsp3) is 0.774. The molecule has 0 atom stereocenters. The molecule has 0 unspecified atom stereocenters. The van der Waals surface area contributed by atoms with Crippen LogP contribution in [-0.4, -0.2) is 150 Å². The molecule has 2 saturated heterocycles. The van der Waals surface area contributed by atoms with Gasteiger partial charge in [-0.1, -0.05) is 0 Å². The van der Waals surface area contributed by atoms with Crippen molar-refractivity contribution in [1.82, 2.24) is 19.9 Å². The molecular formula is C31H52N8O7. The third-order valence-corrected chi connectivity index (χ3v) is 8.59. The number of esters is 1. The van der Waals surface area contributed by atoms with E-state index in [0.717, 1.165) is 57.7 Å². The predicted molar refractivity (Wildman–Crippen MR) is 176 cm³/mol. The van der Waals surface area contributed by atoms with Gasteiger partial charge in [0.05, 0.1) is 45.1 Å². The molecule has 2 aromatic heterocycles. The Kier molecular flexibility index (Phi) is 14.2. The van der Waals surface area contributed by atoms with E-state index < -0.39 is 0 Å². The highest BCUT2D eigenvalue weighted by molar-refractivity contribution is 5.95. The normalized spacial score (nSPS) is 16.3. The average Bonchev–Trinajstić information content (AvgIpc) is 3.09. The van der Waals surface area contributed by atoms with E-state index in [-0.39, 0.29) is 37.7 Å². The van der Waals surface area contributed by atoms with E-state index in [2.05, 4.69) is 14.7 Å². The fourth-order valence-corrected chi connectivity index (χ4v) is 5.90.